The van der Waals surface area contributed by atoms with Crippen molar-refractivity contribution in [2.45, 2.75) is 47.0 Å². The highest BCUT2D eigenvalue weighted by Gasteiger charge is 2.35. The van der Waals surface area contributed by atoms with Crippen molar-refractivity contribution < 1.29 is 14.5 Å². The number of fused-ring (bicyclic) bond motifs is 1. The summed E-state index contributed by atoms with van der Waals surface area (Å²) in [6.45, 7) is 8.05. The number of aromatic nitrogens is 2. The van der Waals surface area contributed by atoms with Gasteiger partial charge in [0.1, 0.15) is 10.7 Å². The van der Waals surface area contributed by atoms with Crippen LogP contribution in [0.1, 0.15) is 64.2 Å². The first kappa shape index (κ1) is 21.0. The lowest BCUT2D eigenvalue weighted by atomic mass is 9.72. The van der Waals surface area contributed by atoms with E-state index >= 15 is 0 Å². The molecule has 0 saturated heterocycles. The number of nitrogens with one attached hydrogen (secondary N) is 1. The molecule has 1 atom stereocenters. The summed E-state index contributed by atoms with van der Waals surface area (Å²) < 4.78 is 1.18. The van der Waals surface area contributed by atoms with E-state index in [0.29, 0.717) is 22.9 Å². The molecular formula is C19H25N5O4S. The highest BCUT2D eigenvalue weighted by atomic mass is 32.1. The fourth-order valence-corrected chi connectivity index (χ4v) is 5.28. The number of primary amides is 1. The number of aryl methyl sites for hydroxylation is 2. The van der Waals surface area contributed by atoms with Crippen LogP contribution in [-0.2, 0) is 19.9 Å². The van der Waals surface area contributed by atoms with Crippen LogP contribution in [0.5, 0.6) is 0 Å². The van der Waals surface area contributed by atoms with Crippen LogP contribution in [0, 0.1) is 28.4 Å². The van der Waals surface area contributed by atoms with E-state index in [4.69, 9.17) is 5.73 Å². The van der Waals surface area contributed by atoms with E-state index < -0.39 is 16.7 Å². The lowest BCUT2D eigenvalue weighted by Gasteiger charge is -2.33. The van der Waals surface area contributed by atoms with Gasteiger partial charge in [-0.1, -0.05) is 20.8 Å². The highest BCUT2D eigenvalue weighted by molar-refractivity contribution is 7.17. The van der Waals surface area contributed by atoms with Gasteiger partial charge < -0.3 is 11.1 Å². The monoisotopic (exact) mass is 419 g/mol. The molecule has 156 valence electrons. The molecule has 0 saturated carbocycles. The molecule has 2 amide bonds. The standard InChI is InChI=1S/C19H25N5O4S/c1-9-14(24(27)28)15(23(5)22-9)17(26)21-18-13(16(20)25)11-7-6-10(19(2,3)4)8-12(11)29-18/h10H,6-8H2,1-5H3,(H2,20,25)(H,21,26). The van der Waals surface area contributed by atoms with E-state index in [9.17, 15) is 19.7 Å². The first-order valence-electron chi connectivity index (χ1n) is 9.35. The summed E-state index contributed by atoms with van der Waals surface area (Å²) in [7, 11) is 1.47. The van der Waals surface area contributed by atoms with E-state index in [-0.39, 0.29) is 22.5 Å². The molecule has 1 unspecified atom stereocenters. The lowest BCUT2D eigenvalue weighted by Crippen LogP contribution is -2.27. The van der Waals surface area contributed by atoms with Gasteiger partial charge in [0.25, 0.3) is 11.8 Å². The molecule has 0 aliphatic heterocycles. The molecule has 0 bridgehead atoms. The summed E-state index contributed by atoms with van der Waals surface area (Å²) in [5.74, 6) is -0.838. The van der Waals surface area contributed by atoms with Crippen molar-refractivity contribution in [3.63, 3.8) is 0 Å². The summed E-state index contributed by atoms with van der Waals surface area (Å²) in [4.78, 5) is 36.8. The van der Waals surface area contributed by atoms with E-state index in [2.05, 4.69) is 31.2 Å². The van der Waals surface area contributed by atoms with Gasteiger partial charge in [0.2, 0.25) is 5.69 Å². The van der Waals surface area contributed by atoms with Crippen molar-refractivity contribution in [3.05, 3.63) is 37.5 Å². The summed E-state index contributed by atoms with van der Waals surface area (Å²) in [6, 6.07) is 0. The second kappa shape index (κ2) is 7.25. The first-order valence-corrected chi connectivity index (χ1v) is 10.2. The second-order valence-corrected chi connectivity index (χ2v) is 9.60. The molecule has 2 aromatic rings. The Labute approximate surface area is 172 Å². The fourth-order valence-electron chi connectivity index (χ4n) is 3.96. The number of hydrogen-bond acceptors (Lipinski definition) is 6. The Morgan fingerprint density at radius 3 is 2.59 bits per heavy atom. The molecule has 9 nitrogen and oxygen atoms in total. The molecule has 0 aromatic carbocycles. The third kappa shape index (κ3) is 3.76. The quantitative estimate of drug-likeness (QED) is 0.580. The SMILES string of the molecule is Cc1nn(C)c(C(=O)Nc2sc3c(c2C(N)=O)CCC(C(C)(C)C)C3)c1[N+](=O)[O-]. The Morgan fingerprint density at radius 1 is 1.38 bits per heavy atom. The van der Waals surface area contributed by atoms with Crippen LogP contribution in [0.3, 0.4) is 0 Å². The Hall–Kier alpha value is -2.75. The molecule has 10 heteroatoms. The van der Waals surface area contributed by atoms with Gasteiger partial charge >= 0.3 is 5.69 Å². The average molecular weight is 420 g/mol. The van der Waals surface area contributed by atoms with Crippen molar-refractivity contribution in [1.82, 2.24) is 9.78 Å². The van der Waals surface area contributed by atoms with Gasteiger partial charge in [-0.05, 0) is 43.1 Å². The Morgan fingerprint density at radius 2 is 2.03 bits per heavy atom. The molecule has 1 aliphatic rings. The van der Waals surface area contributed by atoms with E-state index in [1.165, 1.54) is 30.0 Å². The van der Waals surface area contributed by atoms with Gasteiger partial charge in [-0.3, -0.25) is 24.4 Å². The maximum Gasteiger partial charge on any atom is 0.322 e. The predicted molar refractivity (Wildman–Crippen MR) is 110 cm³/mol. The summed E-state index contributed by atoms with van der Waals surface area (Å²) in [5, 5.41) is 18.4. The van der Waals surface area contributed by atoms with Crippen molar-refractivity contribution in [2.24, 2.45) is 24.1 Å². The third-order valence-corrected chi connectivity index (χ3v) is 6.72. The number of carbonyl (C=O) groups is 2. The maximum atomic E-state index is 12.9. The molecule has 0 fully saturated rings. The fraction of sp³-hybridized carbons (Fsp3) is 0.526. The van der Waals surface area contributed by atoms with Gasteiger partial charge in [0, 0.05) is 11.9 Å². The van der Waals surface area contributed by atoms with Crippen molar-refractivity contribution >= 4 is 33.8 Å². The number of carbonyl (C=O) groups excluding carboxylic acids is 2. The zero-order valence-electron chi connectivity index (χ0n) is 17.2. The summed E-state index contributed by atoms with van der Waals surface area (Å²) >= 11 is 1.33. The molecule has 2 aromatic heterocycles. The summed E-state index contributed by atoms with van der Waals surface area (Å²) in [5.41, 5.74) is 6.58. The molecule has 0 radical (unpaired) electrons. The number of nitrogens with zero attached hydrogens (tertiary/aromatic N) is 3. The Kier molecular flexibility index (Phi) is 5.24. The molecule has 3 N–H and O–H groups in total. The average Bonchev–Trinajstić information content (AvgIpc) is 3.09. The molecule has 1 aliphatic carbocycles. The highest BCUT2D eigenvalue weighted by Crippen LogP contribution is 2.44. The summed E-state index contributed by atoms with van der Waals surface area (Å²) in [6.07, 6.45) is 2.46. The number of amides is 2. The van der Waals surface area contributed by atoms with E-state index in [1.54, 1.807) is 0 Å². The van der Waals surface area contributed by atoms with E-state index in [1.807, 2.05) is 0 Å². The number of hydrogen-bond donors (Lipinski definition) is 2. The minimum absolute atomic E-state index is 0.130. The van der Waals surface area contributed by atoms with Gasteiger partial charge in [0.05, 0.1) is 10.5 Å². The van der Waals surface area contributed by atoms with Crippen LogP contribution in [0.25, 0.3) is 0 Å². The van der Waals surface area contributed by atoms with Crippen LogP contribution < -0.4 is 11.1 Å². The number of anilines is 1. The Balaban J connectivity index is 1.99. The number of nitro groups is 1. The second-order valence-electron chi connectivity index (χ2n) is 8.50. The molecule has 0 spiro atoms. The first-order chi connectivity index (χ1) is 13.4. The largest absolute Gasteiger partial charge is 0.365 e. The lowest BCUT2D eigenvalue weighted by molar-refractivity contribution is -0.385. The number of nitrogens with two attached hydrogens (primary N) is 1. The minimum Gasteiger partial charge on any atom is -0.365 e. The number of rotatable bonds is 4. The maximum absolute atomic E-state index is 12.9. The Bertz CT molecular complexity index is 1010. The molecular weight excluding hydrogens is 394 g/mol. The van der Waals surface area contributed by atoms with Crippen molar-refractivity contribution in [2.75, 3.05) is 5.32 Å². The third-order valence-electron chi connectivity index (χ3n) is 5.55. The van der Waals surface area contributed by atoms with Gasteiger partial charge in [-0.25, -0.2) is 0 Å². The van der Waals surface area contributed by atoms with Crippen LogP contribution in [-0.4, -0.2) is 26.5 Å². The van der Waals surface area contributed by atoms with Gasteiger partial charge in [-0.15, -0.1) is 11.3 Å². The predicted octanol–water partition coefficient (Wildman–Crippen LogP) is 3.20. The van der Waals surface area contributed by atoms with Crippen molar-refractivity contribution in [3.8, 4) is 0 Å². The van der Waals surface area contributed by atoms with Crippen LogP contribution in [0.2, 0.25) is 0 Å². The zero-order chi connectivity index (χ0) is 21.7. The number of thiophene rings is 1. The van der Waals surface area contributed by atoms with Crippen LogP contribution in [0.4, 0.5) is 10.7 Å². The van der Waals surface area contributed by atoms with E-state index in [0.717, 1.165) is 23.3 Å². The molecule has 3 rings (SSSR count). The molecule has 2 heterocycles. The van der Waals surface area contributed by atoms with Crippen LogP contribution >= 0.6 is 11.3 Å². The normalized spacial score (nSPS) is 16.4. The van der Waals surface area contributed by atoms with Crippen molar-refractivity contribution in [1.29, 1.82) is 0 Å². The molecule has 29 heavy (non-hydrogen) atoms. The van der Waals surface area contributed by atoms with Gasteiger partial charge in [-0.2, -0.15) is 5.10 Å². The van der Waals surface area contributed by atoms with Gasteiger partial charge in [0.15, 0.2) is 0 Å². The topological polar surface area (TPSA) is 133 Å². The smallest absolute Gasteiger partial charge is 0.322 e. The van der Waals surface area contributed by atoms with Crippen LogP contribution in [0.15, 0.2) is 0 Å². The zero-order valence-corrected chi connectivity index (χ0v) is 18.0. The minimum atomic E-state index is -0.687.